The molecule has 0 bridgehead atoms. The van der Waals surface area contributed by atoms with Gasteiger partial charge in [0.15, 0.2) is 0 Å². The maximum Gasteiger partial charge on any atom is 0.272 e. The Morgan fingerprint density at radius 2 is 1.73 bits per heavy atom. The fourth-order valence-electron chi connectivity index (χ4n) is 2.55. The quantitative estimate of drug-likeness (QED) is 0.750. The second-order valence-corrected chi connectivity index (χ2v) is 7.19. The van der Waals surface area contributed by atoms with Crippen molar-refractivity contribution in [2.75, 3.05) is 17.3 Å². The Labute approximate surface area is 163 Å². The van der Waals surface area contributed by atoms with Crippen LogP contribution in [0.1, 0.15) is 5.56 Å². The first-order chi connectivity index (χ1) is 12.5. The van der Waals surface area contributed by atoms with Gasteiger partial charge in [-0.05, 0) is 29.8 Å². The van der Waals surface area contributed by atoms with Crippen LogP contribution in [0, 0.1) is 5.82 Å². The van der Waals surface area contributed by atoms with Crippen molar-refractivity contribution < 1.29 is 19.1 Å². The van der Waals surface area contributed by atoms with Crippen molar-refractivity contribution in [3.8, 4) is 0 Å². The second-order valence-electron chi connectivity index (χ2n) is 5.30. The minimum absolute atomic E-state index is 0.0859. The summed E-state index contributed by atoms with van der Waals surface area (Å²) in [5, 5.41) is 9.39. The standard InChI is InChI=1S/C18H12Cl2FNO3S/c19-12-2-1-3-13(15(12)20)22-17(24)14(10-4-6-11(21)7-5-10)16(18(22)25)26-9-8-23/h1-7,23H,8-9H2. The summed E-state index contributed by atoms with van der Waals surface area (Å²) >= 11 is 13.2. The first-order valence-corrected chi connectivity index (χ1v) is 9.26. The maximum absolute atomic E-state index is 13.2. The maximum atomic E-state index is 13.2. The number of carbonyl (C=O) groups excluding carboxylic acids is 2. The molecule has 2 aromatic rings. The molecule has 0 fully saturated rings. The Balaban J connectivity index is 2.11. The molecule has 0 saturated carbocycles. The van der Waals surface area contributed by atoms with Gasteiger partial charge in [0.2, 0.25) is 0 Å². The molecule has 2 aromatic carbocycles. The molecule has 26 heavy (non-hydrogen) atoms. The molecule has 8 heteroatoms. The number of thioether (sulfide) groups is 1. The number of aliphatic hydroxyl groups excluding tert-OH is 1. The van der Waals surface area contributed by atoms with E-state index in [-0.39, 0.29) is 38.6 Å². The predicted octanol–water partition coefficient (Wildman–Crippen LogP) is 4.14. The minimum atomic E-state index is -0.578. The van der Waals surface area contributed by atoms with Gasteiger partial charge in [-0.1, -0.05) is 41.4 Å². The summed E-state index contributed by atoms with van der Waals surface area (Å²) in [6.45, 7) is -0.162. The van der Waals surface area contributed by atoms with Gasteiger partial charge < -0.3 is 5.11 Å². The number of carbonyl (C=O) groups is 2. The highest BCUT2D eigenvalue weighted by Crippen LogP contribution is 2.41. The minimum Gasteiger partial charge on any atom is -0.396 e. The van der Waals surface area contributed by atoms with E-state index in [1.165, 1.54) is 30.3 Å². The Bertz CT molecular complexity index is 915. The van der Waals surface area contributed by atoms with E-state index < -0.39 is 17.6 Å². The van der Waals surface area contributed by atoms with Crippen molar-refractivity contribution in [1.82, 2.24) is 0 Å². The number of rotatable bonds is 5. The Kier molecular flexibility index (Phi) is 5.67. The summed E-state index contributed by atoms with van der Waals surface area (Å²) in [6.07, 6.45) is 0. The smallest absolute Gasteiger partial charge is 0.272 e. The van der Waals surface area contributed by atoms with Gasteiger partial charge in [-0.15, -0.1) is 11.8 Å². The molecule has 0 spiro atoms. The molecule has 1 heterocycles. The van der Waals surface area contributed by atoms with E-state index >= 15 is 0 Å². The monoisotopic (exact) mass is 411 g/mol. The molecule has 4 nitrogen and oxygen atoms in total. The SMILES string of the molecule is O=C1C(SCCO)=C(c2ccc(F)cc2)C(=O)N1c1cccc(Cl)c1Cl. The van der Waals surface area contributed by atoms with Crippen LogP contribution >= 0.6 is 35.0 Å². The fourth-order valence-corrected chi connectivity index (χ4v) is 3.79. The number of amides is 2. The van der Waals surface area contributed by atoms with Gasteiger partial charge in [-0.25, -0.2) is 9.29 Å². The van der Waals surface area contributed by atoms with Gasteiger partial charge in [0.25, 0.3) is 11.8 Å². The molecule has 1 N–H and O–H groups in total. The lowest BCUT2D eigenvalue weighted by atomic mass is 10.1. The van der Waals surface area contributed by atoms with Gasteiger partial charge >= 0.3 is 0 Å². The van der Waals surface area contributed by atoms with Crippen LogP contribution in [0.4, 0.5) is 10.1 Å². The van der Waals surface area contributed by atoms with Crippen LogP contribution < -0.4 is 4.90 Å². The lowest BCUT2D eigenvalue weighted by Gasteiger charge is -2.17. The number of imide groups is 1. The highest BCUT2D eigenvalue weighted by molar-refractivity contribution is 8.04. The highest BCUT2D eigenvalue weighted by Gasteiger charge is 2.41. The molecule has 0 radical (unpaired) electrons. The zero-order chi connectivity index (χ0) is 18.8. The zero-order valence-corrected chi connectivity index (χ0v) is 15.5. The fraction of sp³-hybridized carbons (Fsp3) is 0.111. The topological polar surface area (TPSA) is 57.6 Å². The van der Waals surface area contributed by atoms with Crippen LogP contribution in [-0.2, 0) is 9.59 Å². The first kappa shape index (κ1) is 18.9. The first-order valence-electron chi connectivity index (χ1n) is 7.52. The molecule has 2 amide bonds. The van der Waals surface area contributed by atoms with E-state index in [0.29, 0.717) is 5.56 Å². The molecule has 0 saturated heterocycles. The van der Waals surface area contributed by atoms with E-state index in [2.05, 4.69) is 0 Å². The zero-order valence-electron chi connectivity index (χ0n) is 13.2. The Hall–Kier alpha value is -1.86. The average Bonchev–Trinajstić information content (AvgIpc) is 2.87. The third-order valence-corrected chi connectivity index (χ3v) is 5.55. The van der Waals surface area contributed by atoms with Gasteiger partial charge in [0.05, 0.1) is 32.8 Å². The number of hydrogen-bond acceptors (Lipinski definition) is 4. The van der Waals surface area contributed by atoms with E-state index in [1.807, 2.05) is 0 Å². The summed E-state index contributed by atoms with van der Waals surface area (Å²) in [7, 11) is 0. The lowest BCUT2D eigenvalue weighted by molar-refractivity contribution is -0.119. The normalized spacial score (nSPS) is 14.5. The van der Waals surface area contributed by atoms with E-state index in [4.69, 9.17) is 28.3 Å². The van der Waals surface area contributed by atoms with Gasteiger partial charge in [0, 0.05) is 5.75 Å². The summed E-state index contributed by atoms with van der Waals surface area (Å²) < 4.78 is 13.2. The molecule has 0 aromatic heterocycles. The largest absolute Gasteiger partial charge is 0.396 e. The number of benzene rings is 2. The summed E-state index contributed by atoms with van der Waals surface area (Å²) in [5.41, 5.74) is 0.726. The molecular formula is C18H12Cl2FNO3S. The van der Waals surface area contributed by atoms with Gasteiger partial charge in [-0.3, -0.25) is 9.59 Å². The Morgan fingerprint density at radius 3 is 2.38 bits per heavy atom. The van der Waals surface area contributed by atoms with Gasteiger partial charge in [0.1, 0.15) is 5.82 Å². The molecule has 1 aliphatic heterocycles. The predicted molar refractivity (Wildman–Crippen MR) is 102 cm³/mol. The summed E-state index contributed by atoms with van der Waals surface area (Å²) in [4.78, 5) is 27.0. The number of aliphatic hydroxyl groups is 1. The van der Waals surface area contributed by atoms with Crippen LogP contribution in [-0.4, -0.2) is 29.3 Å². The highest BCUT2D eigenvalue weighted by atomic mass is 35.5. The van der Waals surface area contributed by atoms with Crippen molar-refractivity contribution in [1.29, 1.82) is 0 Å². The molecule has 3 rings (SSSR count). The van der Waals surface area contributed by atoms with Crippen molar-refractivity contribution in [3.05, 3.63) is 68.8 Å². The molecule has 1 aliphatic rings. The molecule has 134 valence electrons. The molecular weight excluding hydrogens is 400 g/mol. The third-order valence-electron chi connectivity index (χ3n) is 3.68. The molecule has 0 unspecified atom stereocenters. The third kappa shape index (κ3) is 3.38. The van der Waals surface area contributed by atoms with Crippen LogP contribution in [0.25, 0.3) is 5.57 Å². The van der Waals surface area contributed by atoms with E-state index in [9.17, 15) is 14.0 Å². The number of hydrogen-bond donors (Lipinski definition) is 1. The van der Waals surface area contributed by atoms with Gasteiger partial charge in [-0.2, -0.15) is 0 Å². The van der Waals surface area contributed by atoms with E-state index in [1.54, 1.807) is 12.1 Å². The average molecular weight is 412 g/mol. The summed E-state index contributed by atoms with van der Waals surface area (Å²) in [6, 6.07) is 9.93. The van der Waals surface area contributed by atoms with Crippen molar-refractivity contribution >= 4 is 58.0 Å². The summed E-state index contributed by atoms with van der Waals surface area (Å²) in [5.74, 6) is -1.36. The Morgan fingerprint density at radius 1 is 1.04 bits per heavy atom. The van der Waals surface area contributed by atoms with Crippen molar-refractivity contribution in [2.45, 2.75) is 0 Å². The van der Waals surface area contributed by atoms with Crippen LogP contribution in [0.15, 0.2) is 47.4 Å². The van der Waals surface area contributed by atoms with Crippen LogP contribution in [0.2, 0.25) is 10.0 Å². The van der Waals surface area contributed by atoms with Crippen molar-refractivity contribution in [3.63, 3.8) is 0 Å². The number of halogens is 3. The second kappa shape index (κ2) is 7.80. The van der Waals surface area contributed by atoms with E-state index in [0.717, 1.165) is 16.7 Å². The number of anilines is 1. The number of nitrogens with zero attached hydrogens (tertiary/aromatic N) is 1. The van der Waals surface area contributed by atoms with Crippen molar-refractivity contribution in [2.24, 2.45) is 0 Å². The molecule has 0 atom stereocenters. The lowest BCUT2D eigenvalue weighted by Crippen LogP contribution is -2.31. The molecule has 0 aliphatic carbocycles. The van der Waals surface area contributed by atoms with Crippen LogP contribution in [0.5, 0.6) is 0 Å². The van der Waals surface area contributed by atoms with Crippen LogP contribution in [0.3, 0.4) is 0 Å².